The largest absolute Gasteiger partial charge is 0.478 e. The van der Waals surface area contributed by atoms with Gasteiger partial charge in [0.2, 0.25) is 0 Å². The Morgan fingerprint density at radius 1 is 0.841 bits per heavy atom. The average Bonchev–Trinajstić information content (AvgIpc) is 3.38. The molecule has 0 spiro atoms. The van der Waals surface area contributed by atoms with E-state index < -0.39 is 5.97 Å². The van der Waals surface area contributed by atoms with Crippen LogP contribution < -0.4 is 5.32 Å². The molecule has 44 heavy (non-hydrogen) atoms. The molecule has 2 saturated heterocycles. The van der Waals surface area contributed by atoms with Crippen molar-refractivity contribution in [1.82, 2.24) is 25.0 Å². The van der Waals surface area contributed by atoms with Crippen molar-refractivity contribution in [2.45, 2.75) is 76.2 Å². The Labute approximate surface area is 258 Å². The molecule has 6 rings (SSSR count). The predicted molar refractivity (Wildman–Crippen MR) is 167 cm³/mol. The summed E-state index contributed by atoms with van der Waals surface area (Å²) in [5, 5.41) is 12.4. The smallest absolute Gasteiger partial charge is 0.335 e. The number of hydrogen-bond acceptors (Lipinski definition) is 5. The van der Waals surface area contributed by atoms with Crippen LogP contribution in [0, 0.1) is 0 Å². The molecule has 1 aromatic heterocycles. The summed E-state index contributed by atoms with van der Waals surface area (Å²) in [4.78, 5) is 48.6. The zero-order chi connectivity index (χ0) is 30.5. The number of piperidine rings is 1. The second-order valence-corrected chi connectivity index (χ2v) is 12.4. The molecule has 3 aliphatic rings. The second-order valence-electron chi connectivity index (χ2n) is 12.4. The van der Waals surface area contributed by atoms with Crippen molar-refractivity contribution in [3.63, 3.8) is 0 Å². The summed E-state index contributed by atoms with van der Waals surface area (Å²) in [6, 6.07) is 21.2. The Balaban J connectivity index is 1.07. The van der Waals surface area contributed by atoms with Gasteiger partial charge in [0, 0.05) is 51.0 Å². The van der Waals surface area contributed by atoms with Gasteiger partial charge in [-0.3, -0.25) is 14.7 Å². The van der Waals surface area contributed by atoms with E-state index in [4.69, 9.17) is 0 Å². The van der Waals surface area contributed by atoms with E-state index >= 15 is 0 Å². The van der Waals surface area contributed by atoms with Crippen molar-refractivity contribution in [2.24, 2.45) is 0 Å². The molecule has 2 aliphatic heterocycles. The van der Waals surface area contributed by atoms with Crippen LogP contribution in [0.4, 0.5) is 4.79 Å². The van der Waals surface area contributed by atoms with Crippen molar-refractivity contribution in [1.29, 1.82) is 0 Å². The van der Waals surface area contributed by atoms with Crippen LogP contribution in [0.5, 0.6) is 0 Å². The Morgan fingerprint density at radius 3 is 2.20 bits per heavy atom. The van der Waals surface area contributed by atoms with Crippen LogP contribution in [0.2, 0.25) is 0 Å². The van der Waals surface area contributed by atoms with Gasteiger partial charge in [0.25, 0.3) is 5.91 Å². The topological polar surface area (TPSA) is 106 Å². The maximum absolute atomic E-state index is 13.9. The van der Waals surface area contributed by atoms with Crippen LogP contribution in [-0.4, -0.2) is 74.4 Å². The third-order valence-corrected chi connectivity index (χ3v) is 9.33. The molecule has 1 atom stereocenters. The molecule has 3 aromatic rings. The van der Waals surface area contributed by atoms with E-state index in [1.165, 1.54) is 19.3 Å². The molecule has 2 aromatic carbocycles. The highest BCUT2D eigenvalue weighted by Crippen LogP contribution is 2.35. The Bertz CT molecular complexity index is 1430. The van der Waals surface area contributed by atoms with E-state index in [1.807, 2.05) is 41.4 Å². The van der Waals surface area contributed by atoms with Gasteiger partial charge in [-0.2, -0.15) is 0 Å². The number of amides is 3. The molecule has 3 amide bonds. The summed E-state index contributed by atoms with van der Waals surface area (Å²) < 4.78 is 0. The lowest BCUT2D eigenvalue weighted by molar-refractivity contribution is 0.0696. The summed E-state index contributed by atoms with van der Waals surface area (Å²) in [7, 11) is 0. The first-order valence-corrected chi connectivity index (χ1v) is 15.9. The molecule has 0 bridgehead atoms. The van der Waals surface area contributed by atoms with E-state index in [9.17, 15) is 19.5 Å². The van der Waals surface area contributed by atoms with Gasteiger partial charge < -0.3 is 20.2 Å². The van der Waals surface area contributed by atoms with Gasteiger partial charge in [0.05, 0.1) is 11.6 Å². The summed E-state index contributed by atoms with van der Waals surface area (Å²) in [5.74, 6) is -1.04. The van der Waals surface area contributed by atoms with Gasteiger partial charge in [-0.05, 0) is 60.6 Å². The lowest BCUT2D eigenvalue weighted by atomic mass is 9.95. The number of carboxylic acids is 1. The number of aromatic carboxylic acids is 1. The number of urea groups is 1. The van der Waals surface area contributed by atoms with Crippen LogP contribution in [0.15, 0.2) is 72.9 Å². The number of aromatic nitrogens is 1. The third-order valence-electron chi connectivity index (χ3n) is 9.33. The quantitative estimate of drug-likeness (QED) is 0.339. The highest BCUT2D eigenvalue weighted by Gasteiger charge is 2.42. The minimum Gasteiger partial charge on any atom is -0.478 e. The molecule has 0 unspecified atom stereocenters. The van der Waals surface area contributed by atoms with Crippen LogP contribution in [-0.2, 0) is 13.1 Å². The maximum Gasteiger partial charge on any atom is 0.335 e. The summed E-state index contributed by atoms with van der Waals surface area (Å²) in [6.07, 6.45) is 9.29. The zero-order valence-corrected chi connectivity index (χ0v) is 25.1. The monoisotopic (exact) mass is 595 g/mol. The van der Waals surface area contributed by atoms with Gasteiger partial charge >= 0.3 is 12.0 Å². The average molecular weight is 596 g/mol. The number of pyridine rings is 1. The molecule has 9 nitrogen and oxygen atoms in total. The number of nitrogens with one attached hydrogen (secondary N) is 1. The van der Waals surface area contributed by atoms with Gasteiger partial charge in [0.1, 0.15) is 5.69 Å². The Morgan fingerprint density at radius 2 is 1.55 bits per heavy atom. The van der Waals surface area contributed by atoms with Crippen LogP contribution in [0.25, 0.3) is 0 Å². The highest BCUT2D eigenvalue weighted by molar-refractivity contribution is 5.92. The molecule has 230 valence electrons. The lowest BCUT2D eigenvalue weighted by Gasteiger charge is -2.39. The zero-order valence-electron chi connectivity index (χ0n) is 25.1. The molecule has 2 N–H and O–H groups in total. The number of nitrogens with zero attached hydrogens (tertiary/aromatic N) is 4. The minimum absolute atomic E-state index is 0.0324. The first-order chi connectivity index (χ1) is 21.4. The van der Waals surface area contributed by atoms with Crippen LogP contribution >= 0.6 is 0 Å². The number of carboxylic acid groups (broad SMARTS) is 1. The number of carbonyl (C=O) groups is 3. The predicted octanol–water partition coefficient (Wildman–Crippen LogP) is 5.49. The third kappa shape index (κ3) is 6.94. The van der Waals surface area contributed by atoms with Crippen LogP contribution in [0.3, 0.4) is 0 Å². The number of likely N-dealkylation sites (tertiary alicyclic amines) is 1. The summed E-state index contributed by atoms with van der Waals surface area (Å²) in [5.41, 5.74) is 3.84. The normalized spacial score (nSPS) is 20.2. The minimum atomic E-state index is -0.957. The van der Waals surface area contributed by atoms with Crippen molar-refractivity contribution >= 4 is 17.9 Å². The lowest BCUT2D eigenvalue weighted by Crippen LogP contribution is -2.47. The second kappa shape index (κ2) is 13.6. The summed E-state index contributed by atoms with van der Waals surface area (Å²) >= 11 is 0. The van der Waals surface area contributed by atoms with Gasteiger partial charge in [-0.25, -0.2) is 9.59 Å². The Hall–Kier alpha value is -4.24. The molecule has 0 radical (unpaired) electrons. The molecule has 3 heterocycles. The van der Waals surface area contributed by atoms with Crippen molar-refractivity contribution in [3.8, 4) is 0 Å². The van der Waals surface area contributed by atoms with Crippen LogP contribution in [0.1, 0.15) is 88.5 Å². The first-order valence-electron chi connectivity index (χ1n) is 15.9. The molecular formula is C35H41N5O4. The molecular weight excluding hydrogens is 554 g/mol. The highest BCUT2D eigenvalue weighted by atomic mass is 16.4. The van der Waals surface area contributed by atoms with E-state index in [-0.39, 0.29) is 35.6 Å². The molecule has 3 fully saturated rings. The molecule has 1 aliphatic carbocycles. The fraction of sp³-hybridized carbons (Fsp3) is 0.429. The standard InChI is InChI=1S/C35H41N5O4/c41-33(37-29-9-5-2-6-10-29)31-16-13-26(21-36-31)22-38-19-17-30(18-20-38)40-32(27-7-3-1-4-8-27)24-39(35(40)44)23-25-11-14-28(15-12-25)34(42)43/h1,3-4,7-8,11-16,21,29-30,32H,2,5-6,9-10,17-20,22-24H2,(H,37,41)(H,42,43)/t32-/m0/s1. The maximum atomic E-state index is 13.9. The van der Waals surface area contributed by atoms with E-state index in [0.29, 0.717) is 18.8 Å². The van der Waals surface area contributed by atoms with Crippen molar-refractivity contribution < 1.29 is 19.5 Å². The Kier molecular flexibility index (Phi) is 9.21. The number of carbonyl (C=O) groups excluding carboxylic acids is 2. The van der Waals surface area contributed by atoms with Crippen molar-refractivity contribution in [2.75, 3.05) is 19.6 Å². The fourth-order valence-corrected chi connectivity index (χ4v) is 6.90. The van der Waals surface area contributed by atoms with Gasteiger partial charge in [-0.1, -0.05) is 67.8 Å². The number of hydrogen-bond donors (Lipinski definition) is 2. The van der Waals surface area contributed by atoms with E-state index in [1.54, 1.807) is 24.3 Å². The van der Waals surface area contributed by atoms with Gasteiger partial charge in [0.15, 0.2) is 0 Å². The number of benzene rings is 2. The van der Waals surface area contributed by atoms with Crippen molar-refractivity contribution in [3.05, 3.63) is 101 Å². The van der Waals surface area contributed by atoms with Gasteiger partial charge in [-0.15, -0.1) is 0 Å². The number of rotatable bonds is 9. The van der Waals surface area contributed by atoms with E-state index in [2.05, 4.69) is 32.2 Å². The molecule has 1 saturated carbocycles. The summed E-state index contributed by atoms with van der Waals surface area (Å²) in [6.45, 7) is 3.54. The first kappa shape index (κ1) is 29.8. The molecule has 9 heteroatoms. The fourth-order valence-electron chi connectivity index (χ4n) is 6.90. The van der Waals surface area contributed by atoms with E-state index in [0.717, 1.165) is 62.0 Å². The SMILES string of the molecule is O=C(O)c1ccc(CN2C[C@@H](c3ccccc3)N(C3CCN(Cc4ccc(C(=O)NC5CCCCC5)nc4)CC3)C2=O)cc1.